The number of likely N-dealkylation sites (N-methyl/N-ethyl adjacent to an activating group) is 1. The van der Waals surface area contributed by atoms with Gasteiger partial charge in [-0.15, -0.1) is 0 Å². The van der Waals surface area contributed by atoms with Gasteiger partial charge < -0.3 is 10.9 Å². The summed E-state index contributed by atoms with van der Waals surface area (Å²) in [5.41, 5.74) is 3.87. The van der Waals surface area contributed by atoms with Gasteiger partial charge in [0.2, 0.25) is 10.0 Å². The van der Waals surface area contributed by atoms with E-state index in [1.807, 2.05) is 0 Å². The van der Waals surface area contributed by atoms with Crippen LogP contribution in [0.1, 0.15) is 5.56 Å². The second-order valence-electron chi connectivity index (χ2n) is 3.85. The van der Waals surface area contributed by atoms with Gasteiger partial charge in [0.05, 0.1) is 17.0 Å². The van der Waals surface area contributed by atoms with E-state index in [4.69, 9.17) is 10.9 Å². The van der Waals surface area contributed by atoms with Gasteiger partial charge in [0, 0.05) is 7.05 Å². The molecule has 112 valence electrons. The minimum atomic E-state index is -4.80. The average Bonchev–Trinajstić information content (AvgIpc) is 2.37. The predicted molar refractivity (Wildman–Crippen MR) is 64.7 cm³/mol. The van der Waals surface area contributed by atoms with Crippen molar-refractivity contribution >= 4 is 15.9 Å². The Morgan fingerprint density at radius 1 is 1.40 bits per heavy atom. The first-order chi connectivity index (χ1) is 9.10. The van der Waals surface area contributed by atoms with Crippen LogP contribution in [0.3, 0.4) is 0 Å². The standard InChI is InChI=1S/C10H12F3N3O3S/c1-16(6-9(14)15-17)20(18,19)8-5-3-2-4-7(8)10(11,12)13/h2-5,17H,6H2,1H3,(H2,14,15). The molecule has 0 atom stereocenters. The van der Waals surface area contributed by atoms with Crippen molar-refractivity contribution in [1.29, 1.82) is 0 Å². The minimum absolute atomic E-state index is 0.444. The highest BCUT2D eigenvalue weighted by molar-refractivity contribution is 7.89. The number of sulfonamides is 1. The fraction of sp³-hybridized carbons (Fsp3) is 0.300. The normalized spacial score (nSPS) is 13.8. The molecule has 1 aromatic carbocycles. The van der Waals surface area contributed by atoms with Gasteiger partial charge in [-0.3, -0.25) is 0 Å². The molecule has 0 aliphatic rings. The Kier molecular flexibility index (Phi) is 4.61. The average molecular weight is 311 g/mol. The summed E-state index contributed by atoms with van der Waals surface area (Å²) in [6, 6.07) is 3.79. The van der Waals surface area contributed by atoms with E-state index >= 15 is 0 Å². The largest absolute Gasteiger partial charge is 0.417 e. The smallest absolute Gasteiger partial charge is 0.409 e. The lowest BCUT2D eigenvalue weighted by Gasteiger charge is -2.19. The number of amidine groups is 1. The van der Waals surface area contributed by atoms with E-state index < -0.39 is 39.0 Å². The zero-order valence-electron chi connectivity index (χ0n) is 10.3. The number of rotatable bonds is 4. The van der Waals surface area contributed by atoms with E-state index in [9.17, 15) is 21.6 Å². The molecule has 0 aromatic heterocycles. The first-order valence-electron chi connectivity index (χ1n) is 5.19. The molecule has 0 spiro atoms. The Morgan fingerprint density at radius 2 is 1.95 bits per heavy atom. The lowest BCUT2D eigenvalue weighted by molar-refractivity contribution is -0.139. The quantitative estimate of drug-likeness (QED) is 0.376. The summed E-state index contributed by atoms with van der Waals surface area (Å²) in [7, 11) is -3.39. The number of oxime groups is 1. The lowest BCUT2D eigenvalue weighted by Crippen LogP contribution is -2.36. The molecular weight excluding hydrogens is 299 g/mol. The SMILES string of the molecule is CN(CC(N)=NO)S(=O)(=O)c1ccccc1C(F)(F)F. The number of benzene rings is 1. The molecule has 0 saturated heterocycles. The van der Waals surface area contributed by atoms with Crippen molar-refractivity contribution in [2.45, 2.75) is 11.1 Å². The third kappa shape index (κ3) is 3.39. The molecule has 0 aliphatic carbocycles. The molecule has 20 heavy (non-hydrogen) atoms. The molecule has 10 heteroatoms. The molecule has 0 amide bonds. The van der Waals surface area contributed by atoms with Gasteiger partial charge in [-0.05, 0) is 12.1 Å². The van der Waals surface area contributed by atoms with Crippen molar-refractivity contribution < 1.29 is 26.8 Å². The molecule has 0 radical (unpaired) electrons. The van der Waals surface area contributed by atoms with Crippen LogP contribution in [-0.4, -0.2) is 37.4 Å². The van der Waals surface area contributed by atoms with Crippen LogP contribution in [0.15, 0.2) is 34.3 Å². The van der Waals surface area contributed by atoms with Crippen LogP contribution < -0.4 is 5.73 Å². The zero-order chi connectivity index (χ0) is 15.6. The number of halogens is 3. The summed E-state index contributed by atoms with van der Waals surface area (Å²) in [5.74, 6) is -0.444. The Morgan fingerprint density at radius 3 is 2.45 bits per heavy atom. The Balaban J connectivity index is 3.30. The topological polar surface area (TPSA) is 96.0 Å². The number of alkyl halides is 3. The van der Waals surface area contributed by atoms with Crippen molar-refractivity contribution in [3.8, 4) is 0 Å². The fourth-order valence-electron chi connectivity index (χ4n) is 1.44. The fourth-order valence-corrected chi connectivity index (χ4v) is 2.79. The van der Waals surface area contributed by atoms with Crippen molar-refractivity contribution in [2.24, 2.45) is 10.9 Å². The molecule has 0 unspecified atom stereocenters. The van der Waals surface area contributed by atoms with Gasteiger partial charge in [0.1, 0.15) is 0 Å². The number of hydrogen-bond acceptors (Lipinski definition) is 4. The molecule has 6 nitrogen and oxygen atoms in total. The van der Waals surface area contributed by atoms with Crippen LogP contribution in [0.2, 0.25) is 0 Å². The van der Waals surface area contributed by atoms with Crippen molar-refractivity contribution in [1.82, 2.24) is 4.31 Å². The van der Waals surface area contributed by atoms with Gasteiger partial charge in [0.25, 0.3) is 0 Å². The molecule has 1 aromatic rings. The number of nitrogens with zero attached hydrogens (tertiary/aromatic N) is 2. The second-order valence-corrected chi connectivity index (χ2v) is 5.86. The Hall–Kier alpha value is -1.81. The van der Waals surface area contributed by atoms with Crippen molar-refractivity contribution in [3.05, 3.63) is 29.8 Å². The summed E-state index contributed by atoms with van der Waals surface area (Å²) in [5, 5.41) is 10.9. The summed E-state index contributed by atoms with van der Waals surface area (Å²) in [4.78, 5) is -0.888. The highest BCUT2D eigenvalue weighted by Crippen LogP contribution is 2.34. The van der Waals surface area contributed by atoms with E-state index in [2.05, 4.69) is 5.16 Å². The van der Waals surface area contributed by atoms with Crippen LogP contribution >= 0.6 is 0 Å². The molecule has 0 fully saturated rings. The van der Waals surface area contributed by atoms with Crippen molar-refractivity contribution in [3.63, 3.8) is 0 Å². The molecule has 3 N–H and O–H groups in total. The van der Waals surface area contributed by atoms with E-state index in [1.165, 1.54) is 6.07 Å². The zero-order valence-corrected chi connectivity index (χ0v) is 11.1. The number of hydrogen-bond donors (Lipinski definition) is 2. The monoisotopic (exact) mass is 311 g/mol. The van der Waals surface area contributed by atoms with Crippen LogP contribution in [0.5, 0.6) is 0 Å². The van der Waals surface area contributed by atoms with E-state index in [0.29, 0.717) is 10.4 Å². The molecule has 0 saturated carbocycles. The van der Waals surface area contributed by atoms with Gasteiger partial charge in [-0.25, -0.2) is 8.42 Å². The van der Waals surface area contributed by atoms with Crippen LogP contribution in [0.25, 0.3) is 0 Å². The summed E-state index contributed by atoms with van der Waals surface area (Å²) in [6.45, 7) is -0.537. The predicted octanol–water partition coefficient (Wildman–Crippen LogP) is 1.07. The Bertz CT molecular complexity index is 614. The second kappa shape index (κ2) is 5.67. The van der Waals surface area contributed by atoms with Gasteiger partial charge in [0.15, 0.2) is 5.84 Å². The molecular formula is C10H12F3N3O3S. The first-order valence-corrected chi connectivity index (χ1v) is 6.63. The lowest BCUT2D eigenvalue weighted by atomic mass is 10.2. The Labute approximate surface area is 113 Å². The van der Waals surface area contributed by atoms with E-state index in [1.54, 1.807) is 0 Å². The summed E-state index contributed by atoms with van der Waals surface area (Å²) in [6.07, 6.45) is -4.80. The maximum Gasteiger partial charge on any atom is 0.417 e. The minimum Gasteiger partial charge on any atom is -0.409 e. The van der Waals surface area contributed by atoms with Gasteiger partial charge >= 0.3 is 6.18 Å². The maximum atomic E-state index is 12.8. The van der Waals surface area contributed by atoms with Crippen LogP contribution in [0, 0.1) is 0 Å². The highest BCUT2D eigenvalue weighted by Gasteiger charge is 2.38. The number of nitrogens with two attached hydrogens (primary N) is 1. The van der Waals surface area contributed by atoms with Crippen molar-refractivity contribution in [2.75, 3.05) is 13.6 Å². The highest BCUT2D eigenvalue weighted by atomic mass is 32.2. The third-order valence-electron chi connectivity index (χ3n) is 2.39. The van der Waals surface area contributed by atoms with Gasteiger partial charge in [-0.2, -0.15) is 17.5 Å². The van der Waals surface area contributed by atoms with Gasteiger partial charge in [-0.1, -0.05) is 17.3 Å². The van der Waals surface area contributed by atoms with E-state index in [0.717, 1.165) is 19.2 Å². The van der Waals surface area contributed by atoms with Crippen LogP contribution in [-0.2, 0) is 16.2 Å². The summed E-state index contributed by atoms with van der Waals surface area (Å²) < 4.78 is 63.1. The summed E-state index contributed by atoms with van der Waals surface area (Å²) >= 11 is 0. The molecule has 0 heterocycles. The van der Waals surface area contributed by atoms with E-state index in [-0.39, 0.29) is 0 Å². The van der Waals surface area contributed by atoms with Crippen LogP contribution in [0.4, 0.5) is 13.2 Å². The maximum absolute atomic E-state index is 12.8. The third-order valence-corrected chi connectivity index (χ3v) is 4.26. The molecule has 1 rings (SSSR count). The first kappa shape index (κ1) is 16.2. The molecule has 0 bridgehead atoms. The molecule has 0 aliphatic heterocycles.